The number of hydrogen-bond donors (Lipinski definition) is 2. The lowest BCUT2D eigenvalue weighted by atomic mass is 9.77. The highest BCUT2D eigenvalue weighted by atomic mass is 32.2. The predicted molar refractivity (Wildman–Crippen MR) is 88.4 cm³/mol. The molecule has 23 heavy (non-hydrogen) atoms. The smallest absolute Gasteiger partial charge is 0.238 e. The summed E-state index contributed by atoms with van der Waals surface area (Å²) in [6.45, 7) is 0. The molecule has 3 N–H and O–H groups in total. The maximum Gasteiger partial charge on any atom is 0.238 e. The summed E-state index contributed by atoms with van der Waals surface area (Å²) in [5.41, 5.74) is 3.10. The maximum absolute atomic E-state index is 11.6. The Morgan fingerprint density at radius 1 is 1.26 bits per heavy atom. The number of sulfonamides is 1. The van der Waals surface area contributed by atoms with Crippen LogP contribution in [-0.2, 0) is 10.0 Å². The Kier molecular flexibility index (Phi) is 3.25. The topological polar surface area (TPSA) is 85.1 Å². The largest absolute Gasteiger partial charge is 0.378 e. The molecular weight excluding hydrogens is 310 g/mol. The molecule has 1 aromatic heterocycles. The van der Waals surface area contributed by atoms with Crippen LogP contribution in [0.1, 0.15) is 29.5 Å². The van der Waals surface area contributed by atoms with E-state index >= 15 is 0 Å². The third-order valence-electron chi connectivity index (χ3n) is 4.71. The molecule has 0 saturated carbocycles. The normalized spacial score (nSPS) is 25.5. The minimum Gasteiger partial charge on any atom is -0.378 e. The summed E-state index contributed by atoms with van der Waals surface area (Å²) in [5, 5.41) is 8.82. The first-order chi connectivity index (χ1) is 11.0. The van der Waals surface area contributed by atoms with E-state index in [4.69, 9.17) is 5.14 Å². The van der Waals surface area contributed by atoms with Crippen molar-refractivity contribution >= 4 is 15.7 Å². The van der Waals surface area contributed by atoms with Gasteiger partial charge < -0.3 is 5.32 Å². The summed E-state index contributed by atoms with van der Waals surface area (Å²) >= 11 is 0. The number of hydrogen-bond acceptors (Lipinski definition) is 4. The summed E-state index contributed by atoms with van der Waals surface area (Å²) in [6, 6.07) is 9.24. The van der Waals surface area contributed by atoms with Crippen molar-refractivity contribution in [1.29, 1.82) is 0 Å². The molecule has 2 aliphatic rings. The van der Waals surface area contributed by atoms with Crippen molar-refractivity contribution in [3.05, 3.63) is 66.0 Å². The van der Waals surface area contributed by atoms with Crippen LogP contribution in [0.2, 0.25) is 0 Å². The Hall–Kier alpha value is -2.18. The number of nitrogens with zero attached hydrogens (tertiary/aromatic N) is 1. The number of aromatic nitrogens is 1. The van der Waals surface area contributed by atoms with E-state index in [1.165, 1.54) is 0 Å². The second-order valence-electron chi connectivity index (χ2n) is 6.06. The number of benzene rings is 1. The first-order valence-corrected chi connectivity index (χ1v) is 9.08. The minimum atomic E-state index is -3.69. The summed E-state index contributed by atoms with van der Waals surface area (Å²) in [6.07, 6.45) is 8.94. The van der Waals surface area contributed by atoms with Gasteiger partial charge in [0.1, 0.15) is 0 Å². The Morgan fingerprint density at radius 3 is 2.87 bits per heavy atom. The molecule has 0 fully saturated rings. The lowest BCUT2D eigenvalue weighted by Gasteiger charge is -2.37. The van der Waals surface area contributed by atoms with Crippen LogP contribution in [0.15, 0.2) is 59.8 Å². The van der Waals surface area contributed by atoms with Crippen LogP contribution in [0, 0.1) is 5.92 Å². The molecule has 3 atom stereocenters. The molecule has 6 heteroatoms. The molecule has 0 bridgehead atoms. The van der Waals surface area contributed by atoms with E-state index in [-0.39, 0.29) is 16.9 Å². The SMILES string of the molecule is NS(=O)(=O)c1ccc2c(c1)[C@H]1C=CC[C@H]1[C@@H](c1cccnc1)N2. The third-order valence-corrected chi connectivity index (χ3v) is 5.62. The molecule has 0 unspecified atom stereocenters. The maximum atomic E-state index is 11.6. The molecule has 0 radical (unpaired) electrons. The fraction of sp³-hybridized carbons (Fsp3) is 0.235. The molecule has 1 aliphatic carbocycles. The molecule has 5 nitrogen and oxygen atoms in total. The van der Waals surface area contributed by atoms with Crippen molar-refractivity contribution in [3.8, 4) is 0 Å². The van der Waals surface area contributed by atoms with Gasteiger partial charge in [0.05, 0.1) is 10.9 Å². The molecule has 2 heterocycles. The molecule has 1 aliphatic heterocycles. The van der Waals surface area contributed by atoms with Gasteiger partial charge in [0.25, 0.3) is 0 Å². The zero-order valence-corrected chi connectivity index (χ0v) is 13.2. The van der Waals surface area contributed by atoms with Gasteiger partial charge in [-0.1, -0.05) is 18.2 Å². The number of allylic oxidation sites excluding steroid dienone is 2. The van der Waals surface area contributed by atoms with Gasteiger partial charge in [-0.05, 0) is 47.7 Å². The molecule has 2 aromatic rings. The third kappa shape index (κ3) is 2.44. The van der Waals surface area contributed by atoms with Crippen LogP contribution in [0.5, 0.6) is 0 Å². The van der Waals surface area contributed by atoms with Gasteiger partial charge in [-0.3, -0.25) is 4.98 Å². The summed E-state index contributed by atoms with van der Waals surface area (Å²) in [4.78, 5) is 4.38. The average Bonchev–Trinajstić information content (AvgIpc) is 3.03. The van der Waals surface area contributed by atoms with E-state index in [0.717, 1.165) is 23.2 Å². The van der Waals surface area contributed by atoms with Crippen LogP contribution in [0.3, 0.4) is 0 Å². The van der Waals surface area contributed by atoms with Crippen molar-refractivity contribution < 1.29 is 8.42 Å². The molecule has 118 valence electrons. The number of nitrogens with one attached hydrogen (secondary N) is 1. The quantitative estimate of drug-likeness (QED) is 0.830. The van der Waals surface area contributed by atoms with Crippen molar-refractivity contribution in [2.45, 2.75) is 23.3 Å². The van der Waals surface area contributed by atoms with E-state index in [2.05, 4.69) is 28.5 Å². The summed E-state index contributed by atoms with van der Waals surface area (Å²) in [7, 11) is -3.69. The molecule has 0 amide bonds. The summed E-state index contributed by atoms with van der Waals surface area (Å²) < 4.78 is 23.3. The van der Waals surface area contributed by atoms with Crippen molar-refractivity contribution in [2.24, 2.45) is 11.1 Å². The fourth-order valence-electron chi connectivity index (χ4n) is 3.64. The lowest BCUT2D eigenvalue weighted by Crippen LogP contribution is -2.29. The fourth-order valence-corrected chi connectivity index (χ4v) is 4.19. The highest BCUT2D eigenvalue weighted by molar-refractivity contribution is 7.89. The predicted octanol–water partition coefficient (Wildman–Crippen LogP) is 2.56. The van der Waals surface area contributed by atoms with Gasteiger partial charge in [0, 0.05) is 24.0 Å². The van der Waals surface area contributed by atoms with Crippen LogP contribution >= 0.6 is 0 Å². The summed E-state index contributed by atoms with van der Waals surface area (Å²) in [5.74, 6) is 0.542. The molecular formula is C17H17N3O2S. The van der Waals surface area contributed by atoms with Gasteiger partial charge in [0.2, 0.25) is 10.0 Å². The zero-order chi connectivity index (χ0) is 16.0. The van der Waals surface area contributed by atoms with E-state index in [0.29, 0.717) is 5.92 Å². The number of fused-ring (bicyclic) bond motifs is 3. The lowest BCUT2D eigenvalue weighted by molar-refractivity contribution is 0.424. The van der Waals surface area contributed by atoms with E-state index in [1.807, 2.05) is 12.3 Å². The second kappa shape index (κ2) is 5.18. The van der Waals surface area contributed by atoms with Gasteiger partial charge in [-0.15, -0.1) is 0 Å². The van der Waals surface area contributed by atoms with Crippen LogP contribution in [0.25, 0.3) is 0 Å². The molecule has 4 rings (SSSR count). The van der Waals surface area contributed by atoms with E-state index < -0.39 is 10.0 Å². The minimum absolute atomic E-state index is 0.163. The number of anilines is 1. The van der Waals surface area contributed by atoms with Crippen molar-refractivity contribution in [3.63, 3.8) is 0 Å². The van der Waals surface area contributed by atoms with E-state index in [1.54, 1.807) is 24.4 Å². The van der Waals surface area contributed by atoms with Gasteiger partial charge in [-0.2, -0.15) is 0 Å². The van der Waals surface area contributed by atoms with Gasteiger partial charge in [-0.25, -0.2) is 13.6 Å². The Balaban J connectivity index is 1.81. The van der Waals surface area contributed by atoms with Crippen molar-refractivity contribution in [1.82, 2.24) is 4.98 Å². The first-order valence-electron chi connectivity index (χ1n) is 7.54. The van der Waals surface area contributed by atoms with Gasteiger partial charge in [0.15, 0.2) is 0 Å². The number of pyridine rings is 1. The number of nitrogens with two attached hydrogens (primary N) is 1. The zero-order valence-electron chi connectivity index (χ0n) is 12.4. The Morgan fingerprint density at radius 2 is 2.13 bits per heavy atom. The van der Waals surface area contributed by atoms with Crippen LogP contribution < -0.4 is 10.5 Å². The molecule has 0 saturated heterocycles. The van der Waals surface area contributed by atoms with Gasteiger partial charge >= 0.3 is 0 Å². The van der Waals surface area contributed by atoms with Crippen LogP contribution in [-0.4, -0.2) is 13.4 Å². The Bertz CT molecular complexity index is 878. The Labute approximate surface area is 135 Å². The monoisotopic (exact) mass is 327 g/mol. The molecule has 1 aromatic carbocycles. The number of primary sulfonamides is 1. The van der Waals surface area contributed by atoms with Crippen molar-refractivity contribution in [2.75, 3.05) is 5.32 Å². The number of rotatable bonds is 2. The average molecular weight is 327 g/mol. The van der Waals surface area contributed by atoms with E-state index in [9.17, 15) is 8.42 Å². The highest BCUT2D eigenvalue weighted by Crippen LogP contribution is 2.49. The first kappa shape index (κ1) is 14.4. The van der Waals surface area contributed by atoms with Crippen LogP contribution in [0.4, 0.5) is 5.69 Å². The molecule has 0 spiro atoms. The standard InChI is InChI=1S/C17H17N3O2S/c18-23(21,22)12-6-7-16-15(9-12)13-4-1-5-14(13)17(20-16)11-3-2-8-19-10-11/h1-4,6-10,13-14,17,20H,5H2,(H2,18,21,22)/t13-,14+,17+/m0/s1. The second-order valence-corrected chi connectivity index (χ2v) is 7.62. The highest BCUT2D eigenvalue weighted by Gasteiger charge is 2.38.